The van der Waals surface area contributed by atoms with Crippen molar-refractivity contribution < 1.29 is 9.53 Å². The molecular weight excluding hydrogens is 328 g/mol. The summed E-state index contributed by atoms with van der Waals surface area (Å²) in [6, 6.07) is 5.11. The van der Waals surface area contributed by atoms with Crippen LogP contribution in [0.5, 0.6) is 5.75 Å². The first kappa shape index (κ1) is 16.6. The van der Waals surface area contributed by atoms with Crippen LogP contribution in [-0.2, 0) is 6.54 Å². The minimum Gasteiger partial charge on any atom is -0.496 e. The molecule has 1 aliphatic heterocycles. The first-order chi connectivity index (χ1) is 11.6. The third kappa shape index (κ3) is 3.19. The molecule has 0 aliphatic carbocycles. The molecular formula is C17H21ClN4O2. The van der Waals surface area contributed by atoms with Gasteiger partial charge in [-0.25, -0.2) is 4.98 Å². The van der Waals surface area contributed by atoms with Crippen molar-refractivity contribution in [2.75, 3.05) is 38.2 Å². The summed E-state index contributed by atoms with van der Waals surface area (Å²) in [5, 5.41) is 0.530. The number of halogens is 1. The molecule has 7 heteroatoms. The molecule has 6 nitrogen and oxygen atoms in total. The lowest BCUT2D eigenvalue weighted by Crippen LogP contribution is -2.49. The fourth-order valence-corrected chi connectivity index (χ4v) is 3.13. The number of amides is 1. The summed E-state index contributed by atoms with van der Waals surface area (Å²) in [5.74, 6) is 1.46. The number of carbonyl (C=O) groups is 1. The maximum atomic E-state index is 12.8. The van der Waals surface area contributed by atoms with E-state index in [1.165, 1.54) is 0 Å². The van der Waals surface area contributed by atoms with E-state index in [-0.39, 0.29) is 5.91 Å². The number of anilines is 1. The molecule has 3 rings (SSSR count). The molecule has 24 heavy (non-hydrogen) atoms. The number of aryl methyl sites for hydroxylation is 1. The summed E-state index contributed by atoms with van der Waals surface area (Å²) < 4.78 is 7.40. The van der Waals surface area contributed by atoms with Crippen molar-refractivity contribution in [3.63, 3.8) is 0 Å². The molecule has 0 saturated carbocycles. The number of nitrogens with zero attached hydrogens (tertiary/aromatic N) is 4. The second kappa shape index (κ2) is 7.13. The molecule has 2 aromatic rings. The van der Waals surface area contributed by atoms with Crippen molar-refractivity contribution in [1.29, 1.82) is 0 Å². The van der Waals surface area contributed by atoms with Crippen LogP contribution in [0.15, 0.2) is 30.6 Å². The number of benzene rings is 1. The fraction of sp³-hybridized carbons (Fsp3) is 0.412. The topological polar surface area (TPSA) is 50.6 Å². The number of rotatable bonds is 4. The molecule has 1 aromatic heterocycles. The van der Waals surface area contributed by atoms with Gasteiger partial charge in [0, 0.05) is 50.1 Å². The molecule has 2 heterocycles. The van der Waals surface area contributed by atoms with Crippen molar-refractivity contribution in [3.05, 3.63) is 41.2 Å². The standard InChI is InChI=1S/C17H21ClN4O2/c1-3-20-7-6-19-17(20)22-10-8-21(9-11-22)16(23)14-12-13(18)4-5-15(14)24-2/h4-7,12H,3,8-11H2,1-2H3. The summed E-state index contributed by atoms with van der Waals surface area (Å²) in [6.45, 7) is 5.78. The lowest BCUT2D eigenvalue weighted by molar-refractivity contribution is 0.0742. The third-order valence-electron chi connectivity index (χ3n) is 4.28. The van der Waals surface area contributed by atoms with E-state index in [1.54, 1.807) is 25.3 Å². The van der Waals surface area contributed by atoms with Crippen LogP contribution < -0.4 is 9.64 Å². The van der Waals surface area contributed by atoms with Crippen LogP contribution in [0, 0.1) is 0 Å². The molecule has 0 atom stereocenters. The minimum atomic E-state index is -0.0483. The van der Waals surface area contributed by atoms with Crippen LogP contribution in [0.2, 0.25) is 5.02 Å². The summed E-state index contributed by atoms with van der Waals surface area (Å²) in [6.07, 6.45) is 3.79. The van der Waals surface area contributed by atoms with Gasteiger partial charge in [-0.3, -0.25) is 4.79 Å². The normalized spacial score (nSPS) is 14.8. The van der Waals surface area contributed by atoms with E-state index in [1.807, 2.05) is 17.3 Å². The predicted molar refractivity (Wildman–Crippen MR) is 94.0 cm³/mol. The highest BCUT2D eigenvalue weighted by molar-refractivity contribution is 6.31. The van der Waals surface area contributed by atoms with Crippen molar-refractivity contribution in [3.8, 4) is 5.75 Å². The number of ether oxygens (including phenoxy) is 1. The Balaban J connectivity index is 1.71. The van der Waals surface area contributed by atoms with Crippen LogP contribution in [0.4, 0.5) is 5.95 Å². The molecule has 0 unspecified atom stereocenters. The van der Waals surface area contributed by atoms with Crippen LogP contribution >= 0.6 is 11.6 Å². The van der Waals surface area contributed by atoms with Crippen molar-refractivity contribution >= 4 is 23.5 Å². The Morgan fingerprint density at radius 2 is 2.04 bits per heavy atom. The van der Waals surface area contributed by atoms with Crippen LogP contribution in [0.25, 0.3) is 0 Å². The van der Waals surface area contributed by atoms with Gasteiger partial charge in [-0.05, 0) is 25.1 Å². The third-order valence-corrected chi connectivity index (χ3v) is 4.51. The van der Waals surface area contributed by atoms with Gasteiger partial charge < -0.3 is 19.1 Å². The largest absolute Gasteiger partial charge is 0.496 e. The number of methoxy groups -OCH3 is 1. The first-order valence-corrected chi connectivity index (χ1v) is 8.40. The van der Waals surface area contributed by atoms with E-state index in [0.29, 0.717) is 29.4 Å². The Morgan fingerprint density at radius 3 is 2.71 bits per heavy atom. The molecule has 1 fully saturated rings. The summed E-state index contributed by atoms with van der Waals surface area (Å²) in [7, 11) is 1.56. The van der Waals surface area contributed by atoms with E-state index >= 15 is 0 Å². The Bertz CT molecular complexity index is 723. The smallest absolute Gasteiger partial charge is 0.257 e. The Labute approximate surface area is 146 Å². The second-order valence-electron chi connectivity index (χ2n) is 5.64. The van der Waals surface area contributed by atoms with Gasteiger partial charge in [0.2, 0.25) is 5.95 Å². The zero-order chi connectivity index (χ0) is 17.1. The number of imidazole rings is 1. The highest BCUT2D eigenvalue weighted by atomic mass is 35.5. The van der Waals surface area contributed by atoms with Crippen molar-refractivity contribution in [2.24, 2.45) is 0 Å². The monoisotopic (exact) mass is 348 g/mol. The average molecular weight is 349 g/mol. The molecule has 1 amide bonds. The Hall–Kier alpha value is -2.21. The number of carbonyl (C=O) groups excluding carboxylic acids is 1. The second-order valence-corrected chi connectivity index (χ2v) is 6.07. The van der Waals surface area contributed by atoms with Gasteiger partial charge in [-0.2, -0.15) is 0 Å². The zero-order valence-electron chi connectivity index (χ0n) is 13.9. The first-order valence-electron chi connectivity index (χ1n) is 8.03. The maximum Gasteiger partial charge on any atom is 0.257 e. The Morgan fingerprint density at radius 1 is 1.29 bits per heavy atom. The minimum absolute atomic E-state index is 0.0483. The van der Waals surface area contributed by atoms with Gasteiger partial charge in [0.05, 0.1) is 12.7 Å². The molecule has 0 spiro atoms. The van der Waals surface area contributed by atoms with Gasteiger partial charge in [0.15, 0.2) is 0 Å². The fourth-order valence-electron chi connectivity index (χ4n) is 2.96. The van der Waals surface area contributed by atoms with E-state index in [9.17, 15) is 4.79 Å². The number of aromatic nitrogens is 2. The van der Waals surface area contributed by atoms with Crippen molar-refractivity contribution in [2.45, 2.75) is 13.5 Å². The van der Waals surface area contributed by atoms with E-state index in [4.69, 9.17) is 16.3 Å². The number of hydrogen-bond donors (Lipinski definition) is 0. The molecule has 0 radical (unpaired) electrons. The highest BCUT2D eigenvalue weighted by Gasteiger charge is 2.26. The Kier molecular flexibility index (Phi) is 4.94. The quantitative estimate of drug-likeness (QED) is 0.852. The molecule has 1 aromatic carbocycles. The highest BCUT2D eigenvalue weighted by Crippen LogP contribution is 2.25. The summed E-state index contributed by atoms with van der Waals surface area (Å²) in [4.78, 5) is 21.3. The average Bonchev–Trinajstić information content (AvgIpc) is 3.10. The van der Waals surface area contributed by atoms with E-state index in [0.717, 1.165) is 25.6 Å². The number of piperazine rings is 1. The van der Waals surface area contributed by atoms with E-state index in [2.05, 4.69) is 21.4 Å². The van der Waals surface area contributed by atoms with Crippen LogP contribution in [0.1, 0.15) is 17.3 Å². The van der Waals surface area contributed by atoms with Crippen LogP contribution in [-0.4, -0.2) is 53.6 Å². The lowest BCUT2D eigenvalue weighted by atomic mass is 10.1. The predicted octanol–water partition coefficient (Wildman–Crippen LogP) is 2.53. The molecule has 128 valence electrons. The van der Waals surface area contributed by atoms with Crippen molar-refractivity contribution in [1.82, 2.24) is 14.5 Å². The molecule has 1 saturated heterocycles. The summed E-state index contributed by atoms with van der Waals surface area (Å²) >= 11 is 6.04. The molecule has 0 N–H and O–H groups in total. The van der Waals surface area contributed by atoms with Gasteiger partial charge >= 0.3 is 0 Å². The number of hydrogen-bond acceptors (Lipinski definition) is 4. The van der Waals surface area contributed by atoms with Gasteiger partial charge in [0.1, 0.15) is 5.75 Å². The summed E-state index contributed by atoms with van der Waals surface area (Å²) in [5.41, 5.74) is 0.508. The van der Waals surface area contributed by atoms with Crippen LogP contribution in [0.3, 0.4) is 0 Å². The van der Waals surface area contributed by atoms with Gasteiger partial charge in [0.25, 0.3) is 5.91 Å². The van der Waals surface area contributed by atoms with Gasteiger partial charge in [-0.1, -0.05) is 11.6 Å². The van der Waals surface area contributed by atoms with Gasteiger partial charge in [-0.15, -0.1) is 0 Å². The SMILES string of the molecule is CCn1ccnc1N1CCN(C(=O)c2cc(Cl)ccc2OC)CC1. The maximum absolute atomic E-state index is 12.8. The molecule has 1 aliphatic rings. The molecule has 0 bridgehead atoms. The van der Waals surface area contributed by atoms with E-state index < -0.39 is 0 Å². The zero-order valence-corrected chi connectivity index (χ0v) is 14.7. The lowest BCUT2D eigenvalue weighted by Gasteiger charge is -2.35.